The van der Waals surface area contributed by atoms with Crippen molar-refractivity contribution in [3.8, 4) is 48.6 Å². The first-order valence-electron chi connectivity index (χ1n) is 36.4. The number of rotatable bonds is 0. The first-order chi connectivity index (χ1) is 64.6. The largest absolute Gasteiger partial charge is 0.335 e. The summed E-state index contributed by atoms with van der Waals surface area (Å²) in [4.78, 5) is 58.5. The van der Waals surface area contributed by atoms with E-state index in [9.17, 15) is 44.7 Å². The van der Waals surface area contributed by atoms with Crippen molar-refractivity contribution in [3.05, 3.63) is 271 Å². The number of nitriles is 8. The van der Waals surface area contributed by atoms with Crippen LogP contribution in [0.2, 0.25) is 0 Å². The first kappa shape index (κ1) is 88.2. The SMILES string of the molecule is [C-]#[N+]/C(C#N)=c1/nc2c([se]1)c(F)c(F)c1c(F)c3c(F)c(F)c4n/c(=C(\C#N)[N+]#[C-])[se]c4c3c(F)c12.[C-]#[N+]/C(C#N)=c1/nc2c(ccc3cc4ccc5n/c(=C(\C#N)[N+]#[C-])[se]c5c4cc32)[se]1.[C-]#[N+]/C(C#N)=c1/nc2c(ccc3cc4ccc5n/c(=C(\C#N)[N+]#[C-])sc5c4cc32)s1.[C-]#[N+]/C(C#N)=c1/nc2c3c(F)c4c(c(F)c(F)c5n/c(=C(\C#N)[N+]#[C-])n(C)c54)c(F)c3c(F)c(F)c2n1C. The van der Waals surface area contributed by atoms with Gasteiger partial charge in [0.2, 0.25) is 0 Å². The van der Waals surface area contributed by atoms with Crippen molar-refractivity contribution in [2.75, 3.05) is 0 Å². The zero-order valence-electron chi connectivity index (χ0n) is 65.5. The number of hydrogen-bond donors (Lipinski definition) is 0. The van der Waals surface area contributed by atoms with Gasteiger partial charge < -0.3 is 9.13 Å². The molecule has 134 heavy (non-hydrogen) atoms. The van der Waals surface area contributed by atoms with Crippen LogP contribution in [-0.2, 0) is 14.1 Å². The van der Waals surface area contributed by atoms with Crippen molar-refractivity contribution < 1.29 is 52.7 Å². The molecule has 0 N–H and O–H groups in total. The van der Waals surface area contributed by atoms with E-state index in [0.29, 0.717) is 17.8 Å². The minimum Gasteiger partial charge on any atom is -0.335 e. The number of thiazole rings is 2. The molecule has 0 bridgehead atoms. The van der Waals surface area contributed by atoms with Gasteiger partial charge in [0.15, 0.2) is 23.3 Å². The first-order valence-corrected chi connectivity index (χ1v) is 44.9. The molecule has 8 heterocycles. The van der Waals surface area contributed by atoms with Crippen molar-refractivity contribution in [2.24, 2.45) is 14.1 Å². The van der Waals surface area contributed by atoms with Crippen molar-refractivity contribution in [1.29, 1.82) is 42.1 Å². The summed E-state index contributed by atoms with van der Waals surface area (Å²) in [6.45, 7) is 57.1. The van der Waals surface area contributed by atoms with Gasteiger partial charge in [-0.1, -0.05) is 12.1 Å². The van der Waals surface area contributed by atoms with Crippen molar-refractivity contribution in [1.82, 2.24) is 49.0 Å². The smallest absolute Gasteiger partial charge is 0.303 e. The Labute approximate surface area is 765 Å². The molecule has 0 aliphatic carbocycles. The Bertz CT molecular complexity index is 9700. The summed E-state index contributed by atoms with van der Waals surface area (Å²) < 4.78 is 190. The molecule has 0 unspecified atom stereocenters. The summed E-state index contributed by atoms with van der Waals surface area (Å²) >= 11 is -0.229. The second kappa shape index (κ2) is 34.0. The van der Waals surface area contributed by atoms with E-state index < -0.39 is 213 Å². The van der Waals surface area contributed by atoms with Crippen LogP contribution in [0.25, 0.3) is 252 Å². The van der Waals surface area contributed by atoms with Crippen molar-refractivity contribution in [2.45, 2.75) is 0 Å². The number of hydrogen-bond acceptors (Lipinski definition) is 18. The van der Waals surface area contributed by atoms with Crippen LogP contribution in [0.5, 0.6) is 0 Å². The number of fused-ring (bicyclic) bond motifs is 24. The van der Waals surface area contributed by atoms with Crippen LogP contribution in [0.1, 0.15) is 0 Å². The molecule has 8 aromatic heterocycles. The second-order valence-electron chi connectivity index (χ2n) is 27.4. The summed E-state index contributed by atoms with van der Waals surface area (Å²) in [5.41, 5.74) is -4.34. The monoisotopic (exact) mass is 2070 g/mol. The van der Waals surface area contributed by atoms with E-state index >= 15 is 39.5 Å². The second-order valence-corrected chi connectivity index (χ2v) is 37.9. The van der Waals surface area contributed by atoms with E-state index in [2.05, 4.69) is 103 Å². The third-order valence-electron chi connectivity index (χ3n) is 20.7. The molecule has 26 nitrogen and oxygen atoms in total. The van der Waals surface area contributed by atoms with Crippen LogP contribution < -0.4 is 37.2 Å². The van der Waals surface area contributed by atoms with Gasteiger partial charge in [-0.15, -0.1) is 22.7 Å². The fourth-order valence-electron chi connectivity index (χ4n) is 14.9. The average molecular weight is 2070 g/mol. The van der Waals surface area contributed by atoms with Gasteiger partial charge in [-0.2, -0.15) is 0 Å². The molecule has 0 saturated heterocycles. The van der Waals surface area contributed by atoms with E-state index in [4.69, 9.17) is 63.1 Å². The molecular weight excluding hydrogens is 2050 g/mol. The van der Waals surface area contributed by atoms with Gasteiger partial charge in [0, 0.05) is 24.9 Å². The maximum atomic E-state index is 16.3. The Kier molecular flexibility index (Phi) is 22.4. The Hall–Kier alpha value is -17.8. The number of benzene rings is 12. The van der Waals surface area contributed by atoms with Crippen LogP contribution >= 0.6 is 22.7 Å². The number of nitrogens with zero attached hydrogens (tertiary/aromatic N) is 26. The van der Waals surface area contributed by atoms with E-state index in [1.165, 1.54) is 34.8 Å². The van der Waals surface area contributed by atoms with E-state index in [1.54, 1.807) is 12.1 Å². The topological polar surface area (TPSA) is 338 Å². The third-order valence-corrected chi connectivity index (χ3v) is 31.8. The van der Waals surface area contributed by atoms with Gasteiger partial charge >= 0.3 is 400 Å². The van der Waals surface area contributed by atoms with Crippen LogP contribution in [-0.4, -0.2) is 107 Å². The molecule has 0 spiro atoms. The maximum Gasteiger partial charge on any atom is 0.303 e. The molecule has 628 valence electrons. The molecule has 0 amide bonds. The van der Waals surface area contributed by atoms with Crippen LogP contribution in [0.4, 0.5) is 52.7 Å². The fraction of sp³-hybridized carbons (Fsp3) is 0.0222. The zero-order valence-corrected chi connectivity index (χ0v) is 74.0. The molecule has 20 aromatic rings. The molecule has 0 aliphatic rings. The summed E-state index contributed by atoms with van der Waals surface area (Å²) in [5, 5.41) is 72.5. The van der Waals surface area contributed by atoms with Gasteiger partial charge in [-0.25, -0.2) is 86.7 Å². The Morgan fingerprint density at radius 3 is 1.25 bits per heavy atom. The van der Waals surface area contributed by atoms with Gasteiger partial charge in [0.1, 0.15) is 48.5 Å². The minimum atomic E-state index is -1.97. The normalized spacial score (nSPS) is 12.9. The van der Waals surface area contributed by atoms with Crippen molar-refractivity contribution in [3.63, 3.8) is 0 Å². The minimum absolute atomic E-state index is 0.0154. The molecule has 0 fully saturated rings. The summed E-state index contributed by atoms with van der Waals surface area (Å²) in [5.74, 6) is -21.2. The van der Waals surface area contributed by atoms with Crippen molar-refractivity contribution >= 4 is 294 Å². The van der Waals surface area contributed by atoms with Gasteiger partial charge in [0.05, 0.1) is 98.1 Å². The van der Waals surface area contributed by atoms with Crippen LogP contribution in [0.3, 0.4) is 0 Å². The van der Waals surface area contributed by atoms with Gasteiger partial charge in [0.25, 0.3) is 11.4 Å². The third kappa shape index (κ3) is 13.4. The zero-order chi connectivity index (χ0) is 95.5. The molecule has 0 atom stereocenters. The number of aromatic nitrogens is 10. The predicted octanol–water partition coefficient (Wildman–Crippen LogP) is 13.5. The van der Waals surface area contributed by atoms with Crippen LogP contribution in [0, 0.1) is 213 Å². The Morgan fingerprint density at radius 2 is 0.694 bits per heavy atom. The summed E-state index contributed by atoms with van der Waals surface area (Å²) in [6.07, 6.45) is 0. The fourth-order valence-corrected chi connectivity index (χ4v) is 25.1. The number of imidazole rings is 2. The quantitative estimate of drug-likeness (QED) is 0.0589. The molecular formula is C90H18F12N26S2Se4. The summed E-state index contributed by atoms with van der Waals surface area (Å²) in [6, 6.07) is 38.0. The van der Waals surface area contributed by atoms with E-state index in [-0.39, 0.29) is 64.5 Å². The molecule has 0 saturated carbocycles. The van der Waals surface area contributed by atoms with Gasteiger partial charge in [-0.3, -0.25) is 0 Å². The Balaban J connectivity index is 0.000000125. The van der Waals surface area contributed by atoms with E-state index in [1.807, 2.05) is 72.8 Å². The maximum absolute atomic E-state index is 16.3. The number of halogens is 12. The summed E-state index contributed by atoms with van der Waals surface area (Å²) in [7, 11) is 2.25. The standard InChI is InChI=1S/C24H6F6N8.C22F6N6Se2.C22H6N6S2.C22H6N6Se2/c1-33-7(5-31)23-35-19-11-9(16(28)18(30)22(19)38(23)4)13(25)10-12(14(11)26)21-20(17(29)15(10)27)36-24(37(21)3)8(6-32)34-2;1-31-5(3-29)21-33-17-9-7(14(26)16(28)20(17)36-21)11(23)8-10(12(9)24)19-18(15(27)13(8)25)34-22(35-19)6(4-30)32-2;2*1-25-16(9-23)21-27-15-5-3-12-7-11-4-6-18-19(13(11)8-14(12)20(15)30-21)28-22(29-18)17(10-24)26-2/h3-4H3;;2*3-8H/b23-7-,24-8-;21-5-,22-6-;2*21-16-,22-17-. The molecule has 20 rings (SSSR count). The number of aryl methyl sites for hydroxylation is 2. The van der Waals surface area contributed by atoms with Gasteiger partial charge in [-0.05, 0) is 35.0 Å². The molecule has 44 heteroatoms. The average Bonchev–Trinajstić information content (AvgIpc) is 1.45. The predicted molar refractivity (Wildman–Crippen MR) is 471 cm³/mol. The molecule has 12 aromatic carbocycles. The molecule has 0 aliphatic heterocycles. The Morgan fingerprint density at radius 1 is 0.299 bits per heavy atom. The molecule has 0 radical (unpaired) electrons. The van der Waals surface area contributed by atoms with Crippen LogP contribution in [0.15, 0.2) is 72.8 Å². The van der Waals surface area contributed by atoms with E-state index in [0.717, 1.165) is 106 Å².